The van der Waals surface area contributed by atoms with Gasteiger partial charge in [-0.25, -0.2) is 4.98 Å². The van der Waals surface area contributed by atoms with Gasteiger partial charge < -0.3 is 9.69 Å². The standard InChI is InChI=1S/C13H14N4O/c18-9-10-4-3-7-17(8-10)13-14-11-5-1-2-6-12(11)15-16-13/h1-2,5-6,9-10H,3-4,7-8H2. The molecule has 1 aliphatic heterocycles. The van der Waals surface area contributed by atoms with E-state index in [2.05, 4.69) is 15.2 Å². The second kappa shape index (κ2) is 4.68. The number of aromatic nitrogens is 3. The van der Waals surface area contributed by atoms with Gasteiger partial charge >= 0.3 is 0 Å². The SMILES string of the molecule is O=CC1CCCN(c2nnc3ccccc3n2)C1. The summed E-state index contributed by atoms with van der Waals surface area (Å²) in [6.07, 6.45) is 2.99. The molecule has 1 saturated heterocycles. The van der Waals surface area contributed by atoms with Crippen molar-refractivity contribution in [2.75, 3.05) is 18.0 Å². The minimum atomic E-state index is 0.0915. The Morgan fingerprint density at radius 2 is 2.06 bits per heavy atom. The van der Waals surface area contributed by atoms with Crippen molar-refractivity contribution < 1.29 is 4.79 Å². The predicted molar refractivity (Wildman–Crippen MR) is 68.3 cm³/mol. The zero-order valence-electron chi connectivity index (χ0n) is 9.99. The molecule has 0 aliphatic carbocycles. The fourth-order valence-electron chi connectivity index (χ4n) is 2.31. The van der Waals surface area contributed by atoms with Gasteiger partial charge in [-0.3, -0.25) is 0 Å². The van der Waals surface area contributed by atoms with Crippen molar-refractivity contribution in [2.45, 2.75) is 12.8 Å². The van der Waals surface area contributed by atoms with Crippen molar-refractivity contribution in [3.63, 3.8) is 0 Å². The number of carbonyl (C=O) groups excluding carboxylic acids is 1. The topological polar surface area (TPSA) is 59.0 Å². The van der Waals surface area contributed by atoms with E-state index in [4.69, 9.17) is 0 Å². The molecule has 1 fully saturated rings. The van der Waals surface area contributed by atoms with Crippen molar-refractivity contribution >= 4 is 23.3 Å². The van der Waals surface area contributed by atoms with Crippen LogP contribution in [0.2, 0.25) is 0 Å². The molecule has 5 heteroatoms. The molecule has 92 valence electrons. The summed E-state index contributed by atoms with van der Waals surface area (Å²) in [4.78, 5) is 17.4. The number of piperidine rings is 1. The Bertz CT molecular complexity index is 572. The van der Waals surface area contributed by atoms with E-state index in [9.17, 15) is 4.79 Å². The first-order valence-corrected chi connectivity index (χ1v) is 6.16. The third kappa shape index (κ3) is 2.03. The second-order valence-electron chi connectivity index (χ2n) is 4.58. The molecule has 0 saturated carbocycles. The van der Waals surface area contributed by atoms with E-state index in [1.165, 1.54) is 0 Å². The first kappa shape index (κ1) is 11.1. The molecule has 0 amide bonds. The van der Waals surface area contributed by atoms with E-state index >= 15 is 0 Å². The summed E-state index contributed by atoms with van der Waals surface area (Å²) in [6, 6.07) is 7.67. The van der Waals surface area contributed by atoms with E-state index in [-0.39, 0.29) is 5.92 Å². The van der Waals surface area contributed by atoms with Gasteiger partial charge in [0.05, 0.1) is 5.52 Å². The van der Waals surface area contributed by atoms with Crippen molar-refractivity contribution in [2.24, 2.45) is 5.92 Å². The maximum atomic E-state index is 10.9. The van der Waals surface area contributed by atoms with Crippen LogP contribution in [0, 0.1) is 5.92 Å². The fourth-order valence-corrected chi connectivity index (χ4v) is 2.31. The number of benzene rings is 1. The Kier molecular flexibility index (Phi) is 2.88. The summed E-state index contributed by atoms with van der Waals surface area (Å²) >= 11 is 0. The Morgan fingerprint density at radius 3 is 2.89 bits per heavy atom. The number of fused-ring (bicyclic) bond motifs is 1. The molecule has 0 N–H and O–H groups in total. The molecule has 0 spiro atoms. The maximum absolute atomic E-state index is 10.9. The zero-order chi connectivity index (χ0) is 12.4. The van der Waals surface area contributed by atoms with Crippen molar-refractivity contribution in [3.8, 4) is 0 Å². The van der Waals surface area contributed by atoms with Crippen molar-refractivity contribution in [3.05, 3.63) is 24.3 Å². The summed E-state index contributed by atoms with van der Waals surface area (Å²) < 4.78 is 0. The molecule has 0 radical (unpaired) electrons. The molecule has 1 unspecified atom stereocenters. The number of rotatable bonds is 2. The van der Waals surface area contributed by atoms with Crippen LogP contribution in [0.4, 0.5) is 5.95 Å². The molecular formula is C13H14N4O. The first-order valence-electron chi connectivity index (χ1n) is 6.16. The normalized spacial score (nSPS) is 20.0. The van der Waals surface area contributed by atoms with Gasteiger partial charge in [0, 0.05) is 19.0 Å². The highest BCUT2D eigenvalue weighted by Gasteiger charge is 2.21. The molecule has 2 heterocycles. The van der Waals surface area contributed by atoms with Crippen LogP contribution in [0.15, 0.2) is 24.3 Å². The number of aldehydes is 1. The summed E-state index contributed by atoms with van der Waals surface area (Å²) in [6.45, 7) is 1.59. The lowest BCUT2D eigenvalue weighted by Crippen LogP contribution is -2.37. The van der Waals surface area contributed by atoms with E-state index in [1.807, 2.05) is 29.2 Å². The van der Waals surface area contributed by atoms with E-state index in [0.29, 0.717) is 12.5 Å². The van der Waals surface area contributed by atoms with Crippen LogP contribution >= 0.6 is 0 Å². The zero-order valence-corrected chi connectivity index (χ0v) is 9.99. The number of para-hydroxylation sites is 1. The molecule has 5 nitrogen and oxygen atoms in total. The Hall–Kier alpha value is -2.04. The monoisotopic (exact) mass is 242 g/mol. The lowest BCUT2D eigenvalue weighted by Gasteiger charge is -2.29. The van der Waals surface area contributed by atoms with Crippen molar-refractivity contribution in [1.29, 1.82) is 0 Å². The Morgan fingerprint density at radius 1 is 1.22 bits per heavy atom. The number of hydrogen-bond acceptors (Lipinski definition) is 5. The number of nitrogens with zero attached hydrogens (tertiary/aromatic N) is 4. The second-order valence-corrected chi connectivity index (χ2v) is 4.58. The average molecular weight is 242 g/mol. The smallest absolute Gasteiger partial charge is 0.245 e. The maximum Gasteiger partial charge on any atom is 0.245 e. The van der Waals surface area contributed by atoms with Crippen molar-refractivity contribution in [1.82, 2.24) is 15.2 Å². The number of anilines is 1. The molecule has 2 aromatic rings. The van der Waals surface area contributed by atoms with Crippen LogP contribution in [0.1, 0.15) is 12.8 Å². The van der Waals surface area contributed by atoms with Crippen LogP contribution < -0.4 is 4.90 Å². The summed E-state index contributed by atoms with van der Waals surface area (Å²) in [5, 5.41) is 8.31. The number of hydrogen-bond donors (Lipinski definition) is 0. The van der Waals surface area contributed by atoms with Crippen LogP contribution in [0.25, 0.3) is 11.0 Å². The van der Waals surface area contributed by atoms with Crippen LogP contribution in [0.5, 0.6) is 0 Å². The quantitative estimate of drug-likeness (QED) is 0.746. The van der Waals surface area contributed by atoms with Gasteiger partial charge in [0.2, 0.25) is 5.95 Å². The van der Waals surface area contributed by atoms with E-state index in [1.54, 1.807) is 0 Å². The predicted octanol–water partition coefficient (Wildman–Crippen LogP) is 1.44. The third-order valence-electron chi connectivity index (χ3n) is 3.28. The lowest BCUT2D eigenvalue weighted by atomic mass is 10.0. The van der Waals surface area contributed by atoms with Gasteiger partial charge in [-0.05, 0) is 25.0 Å². The molecule has 1 aromatic heterocycles. The molecule has 1 aliphatic rings. The highest BCUT2D eigenvalue weighted by atomic mass is 16.1. The van der Waals surface area contributed by atoms with Gasteiger partial charge in [0.25, 0.3) is 0 Å². The minimum Gasteiger partial charge on any atom is -0.339 e. The largest absolute Gasteiger partial charge is 0.339 e. The molecule has 0 bridgehead atoms. The van der Waals surface area contributed by atoms with E-state index in [0.717, 1.165) is 36.7 Å². The Balaban J connectivity index is 1.91. The van der Waals surface area contributed by atoms with Crippen LogP contribution in [-0.2, 0) is 4.79 Å². The highest BCUT2D eigenvalue weighted by Crippen LogP contribution is 2.19. The highest BCUT2D eigenvalue weighted by molar-refractivity contribution is 5.74. The molecule has 1 atom stereocenters. The van der Waals surface area contributed by atoms with Gasteiger partial charge in [0.15, 0.2) is 0 Å². The lowest BCUT2D eigenvalue weighted by molar-refractivity contribution is -0.111. The molecule has 18 heavy (non-hydrogen) atoms. The van der Waals surface area contributed by atoms with Crippen LogP contribution in [0.3, 0.4) is 0 Å². The average Bonchev–Trinajstić information content (AvgIpc) is 2.47. The number of carbonyl (C=O) groups is 1. The van der Waals surface area contributed by atoms with Gasteiger partial charge in [-0.15, -0.1) is 10.2 Å². The van der Waals surface area contributed by atoms with Gasteiger partial charge in [-0.2, -0.15) is 0 Å². The molecular weight excluding hydrogens is 228 g/mol. The van der Waals surface area contributed by atoms with E-state index < -0.39 is 0 Å². The molecule has 1 aromatic carbocycles. The Labute approximate surface area is 105 Å². The summed E-state index contributed by atoms with van der Waals surface area (Å²) in [5.74, 6) is 0.717. The summed E-state index contributed by atoms with van der Waals surface area (Å²) in [5.41, 5.74) is 1.64. The third-order valence-corrected chi connectivity index (χ3v) is 3.28. The molecule has 3 rings (SSSR count). The summed E-state index contributed by atoms with van der Waals surface area (Å²) in [7, 11) is 0. The van der Waals surface area contributed by atoms with Crippen LogP contribution in [-0.4, -0.2) is 34.6 Å². The minimum absolute atomic E-state index is 0.0915. The fraction of sp³-hybridized carbons (Fsp3) is 0.385. The van der Waals surface area contributed by atoms with Gasteiger partial charge in [0.1, 0.15) is 11.8 Å². The van der Waals surface area contributed by atoms with Gasteiger partial charge in [-0.1, -0.05) is 12.1 Å². The first-order chi connectivity index (χ1) is 8.86.